The maximum Gasteiger partial charge on any atom is 0.335 e. The lowest BCUT2D eigenvalue weighted by atomic mass is 10.1. The van der Waals surface area contributed by atoms with Crippen LogP contribution in [-0.2, 0) is 13.0 Å². The number of aromatic carboxylic acids is 1. The van der Waals surface area contributed by atoms with Crippen LogP contribution in [0.25, 0.3) is 0 Å². The van der Waals surface area contributed by atoms with Crippen LogP contribution in [0.2, 0.25) is 0 Å². The smallest absolute Gasteiger partial charge is 0.335 e. The minimum absolute atomic E-state index is 0.211. The fourth-order valence-corrected chi connectivity index (χ4v) is 2.01. The van der Waals surface area contributed by atoms with Crippen LogP contribution in [0.4, 0.5) is 0 Å². The first-order chi connectivity index (χ1) is 10.5. The highest BCUT2D eigenvalue weighted by Crippen LogP contribution is 2.09. The summed E-state index contributed by atoms with van der Waals surface area (Å²) in [5, 5.41) is 19.6. The number of amides is 1. The fourth-order valence-electron chi connectivity index (χ4n) is 2.01. The van der Waals surface area contributed by atoms with Gasteiger partial charge in [-0.25, -0.2) is 4.79 Å². The number of nitrogens with zero attached hydrogens (tertiary/aromatic N) is 2. The van der Waals surface area contributed by atoms with E-state index in [0.717, 1.165) is 5.56 Å². The first kappa shape index (κ1) is 15.6. The molecule has 114 valence electrons. The molecule has 0 bridgehead atoms. The summed E-state index contributed by atoms with van der Waals surface area (Å²) in [6.45, 7) is 4.03. The molecule has 6 heteroatoms. The second kappa shape index (κ2) is 6.80. The lowest BCUT2D eigenvalue weighted by molar-refractivity contribution is 0.0696. The number of carbonyl (C=O) groups excluding carboxylic acids is 1. The number of carbonyl (C=O) groups is 2. The van der Waals surface area contributed by atoms with E-state index in [1.165, 1.54) is 12.1 Å². The Hall–Kier alpha value is -2.76. The third-order valence-electron chi connectivity index (χ3n) is 3.23. The Kier molecular flexibility index (Phi) is 4.83. The minimum Gasteiger partial charge on any atom is -0.478 e. The molecule has 2 aromatic rings. The fraction of sp³-hybridized carbons (Fsp3) is 0.250. The van der Waals surface area contributed by atoms with Crippen LogP contribution in [0.3, 0.4) is 0 Å². The van der Waals surface area contributed by atoms with Crippen LogP contribution in [0.15, 0.2) is 30.3 Å². The normalized spacial score (nSPS) is 10.3. The molecule has 0 aliphatic rings. The SMILES string of the molecule is CCc1nnc(C)cc1C(=O)NCc1ccc(C(=O)O)cc1. The van der Waals surface area contributed by atoms with Crippen LogP contribution in [0.1, 0.15) is 44.6 Å². The van der Waals surface area contributed by atoms with E-state index in [9.17, 15) is 9.59 Å². The van der Waals surface area contributed by atoms with Crippen molar-refractivity contribution in [1.29, 1.82) is 0 Å². The van der Waals surface area contributed by atoms with Crippen LogP contribution < -0.4 is 5.32 Å². The highest BCUT2D eigenvalue weighted by atomic mass is 16.4. The number of rotatable bonds is 5. The maximum absolute atomic E-state index is 12.3. The molecule has 1 amide bonds. The molecule has 2 N–H and O–H groups in total. The van der Waals surface area contributed by atoms with Gasteiger partial charge in [0.25, 0.3) is 5.91 Å². The molecule has 0 aliphatic carbocycles. The summed E-state index contributed by atoms with van der Waals surface area (Å²) >= 11 is 0. The quantitative estimate of drug-likeness (QED) is 0.880. The number of nitrogens with one attached hydrogen (secondary N) is 1. The number of aromatic nitrogens is 2. The second-order valence-electron chi connectivity index (χ2n) is 4.88. The van der Waals surface area contributed by atoms with Gasteiger partial charge in [0.1, 0.15) is 0 Å². The topological polar surface area (TPSA) is 92.2 Å². The maximum atomic E-state index is 12.3. The van der Waals surface area contributed by atoms with Gasteiger partial charge >= 0.3 is 5.97 Å². The van der Waals surface area contributed by atoms with E-state index in [1.807, 2.05) is 6.92 Å². The molecule has 0 unspecified atom stereocenters. The Balaban J connectivity index is 2.06. The first-order valence-corrected chi connectivity index (χ1v) is 6.95. The van der Waals surface area contributed by atoms with E-state index in [4.69, 9.17) is 5.11 Å². The van der Waals surface area contributed by atoms with E-state index < -0.39 is 5.97 Å². The Morgan fingerprint density at radius 2 is 1.86 bits per heavy atom. The number of carboxylic acids is 1. The average molecular weight is 299 g/mol. The number of hydrogen-bond acceptors (Lipinski definition) is 4. The van der Waals surface area contributed by atoms with Crippen molar-refractivity contribution in [2.75, 3.05) is 0 Å². The van der Waals surface area contributed by atoms with Gasteiger partial charge in [0.15, 0.2) is 0 Å². The number of carboxylic acid groups (broad SMARTS) is 1. The zero-order valence-corrected chi connectivity index (χ0v) is 12.5. The molecule has 0 atom stereocenters. The third-order valence-corrected chi connectivity index (χ3v) is 3.23. The Labute approximate surface area is 128 Å². The van der Waals surface area contributed by atoms with Gasteiger partial charge in [0, 0.05) is 6.54 Å². The molecule has 0 saturated heterocycles. The van der Waals surface area contributed by atoms with Gasteiger partial charge in [-0.15, -0.1) is 0 Å². The number of hydrogen-bond donors (Lipinski definition) is 2. The summed E-state index contributed by atoms with van der Waals surface area (Å²) in [6.07, 6.45) is 0.628. The molecule has 6 nitrogen and oxygen atoms in total. The molecule has 2 rings (SSSR count). The van der Waals surface area contributed by atoms with Crippen LogP contribution in [0, 0.1) is 6.92 Å². The average Bonchev–Trinajstić information content (AvgIpc) is 2.53. The summed E-state index contributed by atoms with van der Waals surface area (Å²) in [5.74, 6) is -1.18. The second-order valence-corrected chi connectivity index (χ2v) is 4.88. The summed E-state index contributed by atoms with van der Waals surface area (Å²) in [4.78, 5) is 23.0. The van der Waals surface area contributed by atoms with Crippen molar-refractivity contribution in [2.24, 2.45) is 0 Å². The van der Waals surface area contributed by atoms with Gasteiger partial charge in [-0.3, -0.25) is 4.79 Å². The lowest BCUT2D eigenvalue weighted by Crippen LogP contribution is -2.25. The standard InChI is InChI=1S/C16H17N3O3/c1-3-14-13(8-10(2)18-19-14)15(20)17-9-11-4-6-12(7-5-11)16(21)22/h4-8H,3,9H2,1-2H3,(H,17,20)(H,21,22). The van der Waals surface area contributed by atoms with Crippen molar-refractivity contribution >= 4 is 11.9 Å². The van der Waals surface area contributed by atoms with Gasteiger partial charge in [-0.2, -0.15) is 10.2 Å². The number of aryl methyl sites for hydroxylation is 2. The van der Waals surface area contributed by atoms with Gasteiger partial charge in [0.05, 0.1) is 22.5 Å². The minimum atomic E-state index is -0.971. The van der Waals surface area contributed by atoms with Gasteiger partial charge in [0.2, 0.25) is 0 Å². The van der Waals surface area contributed by atoms with E-state index in [-0.39, 0.29) is 11.5 Å². The Bertz CT molecular complexity index is 696. The molecule has 1 aromatic carbocycles. The van der Waals surface area contributed by atoms with E-state index in [2.05, 4.69) is 15.5 Å². The zero-order valence-electron chi connectivity index (χ0n) is 12.5. The van der Waals surface area contributed by atoms with Crippen molar-refractivity contribution in [3.8, 4) is 0 Å². The molecule has 1 aromatic heterocycles. The molecule has 0 saturated carbocycles. The highest BCUT2D eigenvalue weighted by molar-refractivity contribution is 5.95. The van der Waals surface area contributed by atoms with Crippen molar-refractivity contribution in [3.05, 3.63) is 58.4 Å². The third kappa shape index (κ3) is 3.66. The van der Waals surface area contributed by atoms with E-state index in [0.29, 0.717) is 29.9 Å². The Morgan fingerprint density at radius 1 is 1.18 bits per heavy atom. The molecule has 0 radical (unpaired) electrons. The van der Waals surface area contributed by atoms with E-state index >= 15 is 0 Å². The van der Waals surface area contributed by atoms with Crippen molar-refractivity contribution < 1.29 is 14.7 Å². The molecule has 0 aliphatic heterocycles. The summed E-state index contributed by atoms with van der Waals surface area (Å²) in [5.41, 5.74) is 2.92. The lowest BCUT2D eigenvalue weighted by Gasteiger charge is -2.09. The number of benzene rings is 1. The first-order valence-electron chi connectivity index (χ1n) is 6.95. The molecule has 22 heavy (non-hydrogen) atoms. The largest absolute Gasteiger partial charge is 0.478 e. The van der Waals surface area contributed by atoms with Crippen molar-refractivity contribution in [2.45, 2.75) is 26.8 Å². The summed E-state index contributed by atoms with van der Waals surface area (Å²) < 4.78 is 0. The van der Waals surface area contributed by atoms with Crippen molar-refractivity contribution in [1.82, 2.24) is 15.5 Å². The molecule has 1 heterocycles. The summed E-state index contributed by atoms with van der Waals surface area (Å²) in [6, 6.07) is 8.11. The van der Waals surface area contributed by atoms with Crippen LogP contribution >= 0.6 is 0 Å². The molecule has 0 fully saturated rings. The van der Waals surface area contributed by atoms with E-state index in [1.54, 1.807) is 25.1 Å². The zero-order chi connectivity index (χ0) is 16.1. The predicted octanol–water partition coefficient (Wildman–Crippen LogP) is 1.98. The van der Waals surface area contributed by atoms with Crippen LogP contribution in [0.5, 0.6) is 0 Å². The van der Waals surface area contributed by atoms with Crippen molar-refractivity contribution in [3.63, 3.8) is 0 Å². The molecular weight excluding hydrogens is 282 g/mol. The Morgan fingerprint density at radius 3 is 2.45 bits per heavy atom. The van der Waals surface area contributed by atoms with Gasteiger partial charge in [-0.05, 0) is 37.1 Å². The van der Waals surface area contributed by atoms with Gasteiger partial charge in [-0.1, -0.05) is 19.1 Å². The molecule has 0 spiro atoms. The highest BCUT2D eigenvalue weighted by Gasteiger charge is 2.12. The van der Waals surface area contributed by atoms with Gasteiger partial charge < -0.3 is 10.4 Å². The summed E-state index contributed by atoms with van der Waals surface area (Å²) in [7, 11) is 0. The predicted molar refractivity (Wildman–Crippen MR) is 80.7 cm³/mol. The van der Waals surface area contributed by atoms with Crippen LogP contribution in [-0.4, -0.2) is 27.2 Å². The monoisotopic (exact) mass is 299 g/mol. The molecular formula is C16H17N3O3.